The molecular formula is C14H31NS. The summed E-state index contributed by atoms with van der Waals surface area (Å²) in [7, 11) is 0. The number of unbranched alkanes of at least 4 members (excludes halogenated alkanes) is 1. The van der Waals surface area contributed by atoms with Crippen molar-refractivity contribution in [2.24, 2.45) is 5.41 Å². The zero-order chi connectivity index (χ0) is 12.3. The number of hydrogen-bond donors (Lipinski definition) is 1. The van der Waals surface area contributed by atoms with Crippen molar-refractivity contribution < 1.29 is 0 Å². The Kier molecular flexibility index (Phi) is 10.7. The number of thioether (sulfide) groups is 1. The molecule has 0 aromatic rings. The molecule has 2 heteroatoms. The van der Waals surface area contributed by atoms with E-state index in [9.17, 15) is 0 Å². The highest BCUT2D eigenvalue weighted by Gasteiger charge is 2.26. The first-order valence-corrected chi connectivity index (χ1v) is 8.33. The summed E-state index contributed by atoms with van der Waals surface area (Å²) in [6.45, 7) is 9.20. The summed E-state index contributed by atoms with van der Waals surface area (Å²) in [6.07, 6.45) is 10.4. The molecule has 0 saturated heterocycles. The van der Waals surface area contributed by atoms with Crippen LogP contribution in [0, 0.1) is 5.41 Å². The zero-order valence-electron chi connectivity index (χ0n) is 11.8. The first-order valence-electron chi connectivity index (χ1n) is 6.94. The Morgan fingerprint density at radius 3 is 2.25 bits per heavy atom. The molecule has 0 amide bonds. The van der Waals surface area contributed by atoms with Crippen molar-refractivity contribution in [3.63, 3.8) is 0 Å². The third kappa shape index (κ3) is 6.80. The molecule has 0 bridgehead atoms. The SMILES string of the molecule is CCCCC(CC)(CCCSC)CNCC. The van der Waals surface area contributed by atoms with Crippen LogP contribution in [-0.4, -0.2) is 25.1 Å². The molecule has 0 aromatic carbocycles. The zero-order valence-corrected chi connectivity index (χ0v) is 12.6. The van der Waals surface area contributed by atoms with Gasteiger partial charge in [-0.15, -0.1) is 0 Å². The quantitative estimate of drug-likeness (QED) is 0.544. The summed E-state index contributed by atoms with van der Waals surface area (Å²) in [4.78, 5) is 0. The van der Waals surface area contributed by atoms with Crippen molar-refractivity contribution in [1.29, 1.82) is 0 Å². The standard InChI is InChI=1S/C14H31NS/c1-5-8-10-14(6-2,13-15-7-3)11-9-12-16-4/h15H,5-13H2,1-4H3. The fourth-order valence-electron chi connectivity index (χ4n) is 2.31. The lowest BCUT2D eigenvalue weighted by atomic mass is 9.76. The Labute approximate surface area is 107 Å². The molecule has 0 rings (SSSR count). The predicted molar refractivity (Wildman–Crippen MR) is 78.4 cm³/mol. The van der Waals surface area contributed by atoms with E-state index < -0.39 is 0 Å². The molecule has 0 saturated carbocycles. The lowest BCUT2D eigenvalue weighted by molar-refractivity contribution is 0.212. The monoisotopic (exact) mass is 245 g/mol. The van der Waals surface area contributed by atoms with Crippen molar-refractivity contribution in [2.75, 3.05) is 25.1 Å². The molecule has 1 unspecified atom stereocenters. The third-order valence-electron chi connectivity index (χ3n) is 3.62. The molecule has 0 aliphatic rings. The van der Waals surface area contributed by atoms with Crippen LogP contribution in [0.15, 0.2) is 0 Å². The van der Waals surface area contributed by atoms with Gasteiger partial charge >= 0.3 is 0 Å². The Morgan fingerprint density at radius 2 is 1.75 bits per heavy atom. The molecule has 0 spiro atoms. The van der Waals surface area contributed by atoms with Crippen molar-refractivity contribution in [2.45, 2.75) is 59.3 Å². The van der Waals surface area contributed by atoms with E-state index in [1.54, 1.807) is 0 Å². The smallest absolute Gasteiger partial charge is 0.000759 e. The largest absolute Gasteiger partial charge is 0.316 e. The minimum atomic E-state index is 0.571. The minimum absolute atomic E-state index is 0.571. The highest BCUT2D eigenvalue weighted by Crippen LogP contribution is 2.33. The molecular weight excluding hydrogens is 214 g/mol. The first kappa shape index (κ1) is 16.3. The Hall–Kier alpha value is 0.310. The third-order valence-corrected chi connectivity index (χ3v) is 4.31. The fraction of sp³-hybridized carbons (Fsp3) is 1.00. The van der Waals surface area contributed by atoms with Gasteiger partial charge in [-0.25, -0.2) is 0 Å². The highest BCUT2D eigenvalue weighted by atomic mass is 32.2. The summed E-state index contributed by atoms with van der Waals surface area (Å²) >= 11 is 1.98. The van der Waals surface area contributed by atoms with Crippen LogP contribution in [0.25, 0.3) is 0 Å². The normalized spacial score (nSPS) is 15.0. The van der Waals surface area contributed by atoms with Gasteiger partial charge in [0.2, 0.25) is 0 Å². The van der Waals surface area contributed by atoms with Crippen LogP contribution in [0.4, 0.5) is 0 Å². The number of nitrogens with one attached hydrogen (secondary N) is 1. The van der Waals surface area contributed by atoms with Gasteiger partial charge < -0.3 is 5.32 Å². The summed E-state index contributed by atoms with van der Waals surface area (Å²) in [6, 6.07) is 0. The molecule has 1 atom stereocenters. The Balaban J connectivity index is 4.16. The van der Waals surface area contributed by atoms with E-state index in [4.69, 9.17) is 0 Å². The van der Waals surface area contributed by atoms with Gasteiger partial charge in [-0.1, -0.05) is 33.6 Å². The number of hydrogen-bond acceptors (Lipinski definition) is 2. The molecule has 0 heterocycles. The van der Waals surface area contributed by atoms with Crippen molar-refractivity contribution in [3.8, 4) is 0 Å². The van der Waals surface area contributed by atoms with Crippen LogP contribution < -0.4 is 5.32 Å². The predicted octanol–water partition coefficient (Wildman–Crippen LogP) is 4.33. The molecule has 98 valence electrons. The van der Waals surface area contributed by atoms with Gasteiger partial charge in [0.15, 0.2) is 0 Å². The van der Waals surface area contributed by atoms with Crippen LogP contribution in [0.1, 0.15) is 59.3 Å². The van der Waals surface area contributed by atoms with Gasteiger partial charge in [-0.2, -0.15) is 11.8 Å². The van der Waals surface area contributed by atoms with E-state index in [1.165, 1.54) is 50.8 Å². The average molecular weight is 245 g/mol. The topological polar surface area (TPSA) is 12.0 Å². The van der Waals surface area contributed by atoms with E-state index >= 15 is 0 Å². The molecule has 1 nitrogen and oxygen atoms in total. The second kappa shape index (κ2) is 10.5. The van der Waals surface area contributed by atoms with Crippen molar-refractivity contribution in [1.82, 2.24) is 5.32 Å². The lowest BCUT2D eigenvalue weighted by Crippen LogP contribution is -2.34. The lowest BCUT2D eigenvalue weighted by Gasteiger charge is -2.33. The first-order chi connectivity index (χ1) is 7.74. The molecule has 16 heavy (non-hydrogen) atoms. The van der Waals surface area contributed by atoms with E-state index in [1.807, 2.05) is 11.8 Å². The molecule has 1 N–H and O–H groups in total. The maximum Gasteiger partial charge on any atom is 0.000759 e. The summed E-state index contributed by atoms with van der Waals surface area (Å²) in [5, 5.41) is 3.57. The Bertz CT molecular complexity index is 140. The summed E-state index contributed by atoms with van der Waals surface area (Å²) < 4.78 is 0. The van der Waals surface area contributed by atoms with E-state index in [0.29, 0.717) is 5.41 Å². The van der Waals surface area contributed by atoms with Crippen LogP contribution in [-0.2, 0) is 0 Å². The average Bonchev–Trinajstić information content (AvgIpc) is 2.32. The van der Waals surface area contributed by atoms with Gasteiger partial charge in [-0.3, -0.25) is 0 Å². The van der Waals surface area contributed by atoms with Gasteiger partial charge in [-0.05, 0) is 49.7 Å². The highest BCUT2D eigenvalue weighted by molar-refractivity contribution is 7.98. The van der Waals surface area contributed by atoms with Crippen molar-refractivity contribution in [3.05, 3.63) is 0 Å². The van der Waals surface area contributed by atoms with Crippen LogP contribution in [0.2, 0.25) is 0 Å². The molecule has 0 fully saturated rings. The van der Waals surface area contributed by atoms with Gasteiger partial charge in [0, 0.05) is 6.54 Å². The van der Waals surface area contributed by atoms with E-state index in [0.717, 1.165) is 6.54 Å². The van der Waals surface area contributed by atoms with Crippen molar-refractivity contribution >= 4 is 11.8 Å². The maximum atomic E-state index is 3.57. The van der Waals surface area contributed by atoms with Crippen LogP contribution in [0.3, 0.4) is 0 Å². The molecule has 0 radical (unpaired) electrons. The minimum Gasteiger partial charge on any atom is -0.316 e. The second-order valence-electron chi connectivity index (χ2n) is 4.83. The summed E-state index contributed by atoms with van der Waals surface area (Å²) in [5.41, 5.74) is 0.571. The fourth-order valence-corrected chi connectivity index (χ4v) is 2.75. The Morgan fingerprint density at radius 1 is 1.06 bits per heavy atom. The van der Waals surface area contributed by atoms with Gasteiger partial charge in [0.05, 0.1) is 0 Å². The number of rotatable bonds is 11. The molecule has 0 aliphatic carbocycles. The molecule has 0 aliphatic heterocycles. The van der Waals surface area contributed by atoms with E-state index in [2.05, 4.69) is 32.3 Å². The van der Waals surface area contributed by atoms with Crippen LogP contribution in [0.5, 0.6) is 0 Å². The van der Waals surface area contributed by atoms with Gasteiger partial charge in [0.25, 0.3) is 0 Å². The molecule has 0 aromatic heterocycles. The van der Waals surface area contributed by atoms with Gasteiger partial charge in [0.1, 0.15) is 0 Å². The van der Waals surface area contributed by atoms with E-state index in [-0.39, 0.29) is 0 Å². The van der Waals surface area contributed by atoms with Crippen LogP contribution >= 0.6 is 11.8 Å². The maximum absolute atomic E-state index is 3.57. The summed E-state index contributed by atoms with van der Waals surface area (Å²) in [5.74, 6) is 1.32. The second-order valence-corrected chi connectivity index (χ2v) is 5.82.